The summed E-state index contributed by atoms with van der Waals surface area (Å²) < 4.78 is 46.7. The van der Waals surface area contributed by atoms with Crippen molar-refractivity contribution in [1.82, 2.24) is 5.32 Å². The summed E-state index contributed by atoms with van der Waals surface area (Å²) in [6.45, 7) is 0.792. The van der Waals surface area contributed by atoms with Crippen molar-refractivity contribution in [3.8, 4) is 23.6 Å². The van der Waals surface area contributed by atoms with E-state index in [1.54, 1.807) is 0 Å². The van der Waals surface area contributed by atoms with Crippen molar-refractivity contribution in [3.05, 3.63) is 94.5 Å². The number of hydrogen-bond acceptors (Lipinski definition) is 6. The van der Waals surface area contributed by atoms with Crippen LogP contribution in [0.5, 0.6) is 11.5 Å². The zero-order valence-electron chi connectivity index (χ0n) is 18.9. The summed E-state index contributed by atoms with van der Waals surface area (Å²) in [5, 5.41) is 41.7. The Bertz CT molecular complexity index is 1340. The van der Waals surface area contributed by atoms with Crippen molar-refractivity contribution in [2.45, 2.75) is 24.8 Å². The van der Waals surface area contributed by atoms with Crippen LogP contribution in [0.2, 0.25) is 0 Å². The molecule has 0 saturated heterocycles. The van der Waals surface area contributed by atoms with Crippen molar-refractivity contribution >= 4 is 5.91 Å². The smallest absolute Gasteiger partial charge is 0.417 e. The van der Waals surface area contributed by atoms with Gasteiger partial charge in [0.1, 0.15) is 17.1 Å². The molecule has 10 heteroatoms. The van der Waals surface area contributed by atoms with Crippen LogP contribution < -0.4 is 10.1 Å². The molecule has 2 unspecified atom stereocenters. The van der Waals surface area contributed by atoms with Gasteiger partial charge in [-0.1, -0.05) is 18.2 Å². The van der Waals surface area contributed by atoms with E-state index in [1.165, 1.54) is 67.6 Å². The Balaban J connectivity index is 1.99. The van der Waals surface area contributed by atoms with Crippen LogP contribution in [0.4, 0.5) is 13.2 Å². The number of hydrogen-bond donors (Lipinski definition) is 3. The lowest BCUT2D eigenvalue weighted by Gasteiger charge is -2.34. The molecule has 0 aliphatic carbocycles. The third-order valence-electron chi connectivity index (χ3n) is 5.33. The quantitative estimate of drug-likeness (QED) is 0.444. The van der Waals surface area contributed by atoms with Gasteiger partial charge < -0.3 is 20.3 Å². The summed E-state index contributed by atoms with van der Waals surface area (Å²) in [6.07, 6.45) is -6.28. The van der Waals surface area contributed by atoms with E-state index >= 15 is 0 Å². The van der Waals surface area contributed by atoms with E-state index in [2.05, 4.69) is 5.32 Å². The highest BCUT2D eigenvalue weighted by molar-refractivity contribution is 5.96. The molecule has 0 heterocycles. The molecule has 0 aliphatic rings. The number of amides is 1. The minimum Gasteiger partial charge on any atom is -0.507 e. The number of para-hydroxylation sites is 1. The molecular weight excluding hydrogens is 475 g/mol. The van der Waals surface area contributed by atoms with Crippen LogP contribution in [0.25, 0.3) is 0 Å². The fraction of sp³-hybridized carbons (Fsp3) is 0.192. The number of nitriles is 2. The van der Waals surface area contributed by atoms with Crippen LogP contribution >= 0.6 is 0 Å². The molecule has 0 radical (unpaired) electrons. The van der Waals surface area contributed by atoms with E-state index in [0.29, 0.717) is 11.6 Å². The summed E-state index contributed by atoms with van der Waals surface area (Å²) in [5.41, 5.74) is -3.62. The largest absolute Gasteiger partial charge is 0.507 e. The molecule has 0 saturated carbocycles. The number of ether oxygens (including phenoxy) is 1. The highest BCUT2D eigenvalue weighted by Crippen LogP contribution is 2.37. The average molecular weight is 495 g/mol. The molecule has 7 nitrogen and oxygen atoms in total. The number of phenolic OH excluding ortho intramolecular Hbond substituents is 1. The van der Waals surface area contributed by atoms with Gasteiger partial charge in [0, 0.05) is 0 Å². The first kappa shape index (κ1) is 26.1. The van der Waals surface area contributed by atoms with Gasteiger partial charge in [-0.05, 0) is 61.0 Å². The number of nitrogens with zero attached hydrogens (tertiary/aromatic N) is 2. The predicted octanol–water partition coefficient (Wildman–Crippen LogP) is 4.46. The number of benzene rings is 3. The van der Waals surface area contributed by atoms with Crippen molar-refractivity contribution in [2.24, 2.45) is 0 Å². The normalized spacial score (nSPS) is 13.5. The third kappa shape index (κ3) is 5.93. The van der Waals surface area contributed by atoms with Gasteiger partial charge in [-0.25, -0.2) is 0 Å². The number of nitrogens with one attached hydrogen (secondary N) is 1. The number of halogens is 3. The predicted molar refractivity (Wildman–Crippen MR) is 122 cm³/mol. The summed E-state index contributed by atoms with van der Waals surface area (Å²) in [7, 11) is 0. The lowest BCUT2D eigenvalue weighted by Crippen LogP contribution is -2.47. The monoisotopic (exact) mass is 495 g/mol. The van der Waals surface area contributed by atoms with Crippen molar-refractivity contribution in [2.75, 3.05) is 6.54 Å². The van der Waals surface area contributed by atoms with Crippen LogP contribution in [0.3, 0.4) is 0 Å². The number of carbonyl (C=O) groups is 1. The maximum atomic E-state index is 13.6. The first-order valence-corrected chi connectivity index (χ1v) is 10.5. The maximum absolute atomic E-state index is 13.6. The van der Waals surface area contributed by atoms with Gasteiger partial charge in [0.05, 0.1) is 40.9 Å². The van der Waals surface area contributed by atoms with Crippen LogP contribution in [0.15, 0.2) is 66.7 Å². The second-order valence-corrected chi connectivity index (χ2v) is 8.11. The van der Waals surface area contributed by atoms with Gasteiger partial charge in [-0.15, -0.1) is 0 Å². The molecule has 0 aromatic heterocycles. The standard InChI is InChI=1S/C26H20F3N3O4/c1-25(35,15-32-24(34)20-4-2-3-5-22(20)33)23(36-19-10-6-16(13-30)7-11-19)17-8-9-18(14-31)21(12-17)26(27,28)29/h2-12,23,33,35H,15H2,1H3,(H,32,34). The van der Waals surface area contributed by atoms with Crippen LogP contribution in [0, 0.1) is 22.7 Å². The zero-order valence-corrected chi connectivity index (χ0v) is 18.9. The summed E-state index contributed by atoms with van der Waals surface area (Å²) >= 11 is 0. The molecule has 0 bridgehead atoms. The Kier molecular flexibility index (Phi) is 7.52. The fourth-order valence-corrected chi connectivity index (χ4v) is 3.47. The molecule has 0 spiro atoms. The van der Waals surface area contributed by atoms with E-state index < -0.39 is 41.5 Å². The number of aromatic hydroxyl groups is 1. The van der Waals surface area contributed by atoms with Gasteiger partial charge >= 0.3 is 6.18 Å². The van der Waals surface area contributed by atoms with Gasteiger partial charge in [0.15, 0.2) is 6.10 Å². The van der Waals surface area contributed by atoms with Crippen LogP contribution in [0.1, 0.15) is 45.6 Å². The summed E-state index contributed by atoms with van der Waals surface area (Å²) in [4.78, 5) is 12.5. The SMILES string of the molecule is CC(O)(CNC(=O)c1ccccc1O)C(Oc1ccc(C#N)cc1)c1ccc(C#N)c(C(F)(F)F)c1. The Morgan fingerprint density at radius 1 is 1.06 bits per heavy atom. The lowest BCUT2D eigenvalue weighted by atomic mass is 9.90. The molecule has 3 aromatic rings. The third-order valence-corrected chi connectivity index (χ3v) is 5.33. The molecule has 184 valence electrons. The lowest BCUT2D eigenvalue weighted by molar-refractivity contribution is -0.138. The topological polar surface area (TPSA) is 126 Å². The fourth-order valence-electron chi connectivity index (χ4n) is 3.47. The summed E-state index contributed by atoms with van der Waals surface area (Å²) in [6, 6.07) is 17.7. The highest BCUT2D eigenvalue weighted by atomic mass is 19.4. The molecule has 3 N–H and O–H groups in total. The van der Waals surface area contributed by atoms with Gasteiger partial charge in [0.2, 0.25) is 0 Å². The molecular formula is C26H20F3N3O4. The number of phenols is 1. The second kappa shape index (κ2) is 10.4. The molecule has 2 atom stereocenters. The average Bonchev–Trinajstić information content (AvgIpc) is 2.85. The van der Waals surface area contributed by atoms with E-state index in [4.69, 9.17) is 15.3 Å². The maximum Gasteiger partial charge on any atom is 0.417 e. The Morgan fingerprint density at radius 2 is 1.72 bits per heavy atom. The van der Waals surface area contributed by atoms with E-state index in [-0.39, 0.29) is 22.6 Å². The molecule has 0 aliphatic heterocycles. The highest BCUT2D eigenvalue weighted by Gasteiger charge is 2.39. The van der Waals surface area contributed by atoms with Gasteiger partial charge in [-0.2, -0.15) is 23.7 Å². The Hall–Kier alpha value is -4.54. The number of aliphatic hydroxyl groups is 1. The number of carbonyl (C=O) groups excluding carboxylic acids is 1. The van der Waals surface area contributed by atoms with Crippen LogP contribution in [-0.4, -0.2) is 28.3 Å². The van der Waals surface area contributed by atoms with Crippen molar-refractivity contribution in [3.63, 3.8) is 0 Å². The van der Waals surface area contributed by atoms with Crippen LogP contribution in [-0.2, 0) is 6.18 Å². The Morgan fingerprint density at radius 3 is 2.31 bits per heavy atom. The second-order valence-electron chi connectivity index (χ2n) is 8.11. The van der Waals surface area contributed by atoms with E-state index in [0.717, 1.165) is 6.07 Å². The zero-order chi connectivity index (χ0) is 26.5. The van der Waals surface area contributed by atoms with E-state index in [9.17, 15) is 28.2 Å². The van der Waals surface area contributed by atoms with Gasteiger partial charge in [0.25, 0.3) is 5.91 Å². The Labute approximate surface area is 204 Å². The minimum absolute atomic E-state index is 0.0596. The number of alkyl halides is 3. The number of rotatable bonds is 7. The van der Waals surface area contributed by atoms with Crippen molar-refractivity contribution < 1.29 is 32.9 Å². The first-order chi connectivity index (χ1) is 17.0. The first-order valence-electron chi connectivity index (χ1n) is 10.5. The molecule has 3 rings (SSSR count). The minimum atomic E-state index is -4.84. The summed E-state index contributed by atoms with van der Waals surface area (Å²) in [5.74, 6) is -0.868. The van der Waals surface area contributed by atoms with Gasteiger partial charge in [-0.3, -0.25) is 4.79 Å². The molecule has 0 fully saturated rings. The molecule has 36 heavy (non-hydrogen) atoms. The molecule has 1 amide bonds. The van der Waals surface area contributed by atoms with E-state index in [1.807, 2.05) is 6.07 Å². The molecule has 3 aromatic carbocycles. The van der Waals surface area contributed by atoms with Crippen molar-refractivity contribution in [1.29, 1.82) is 10.5 Å².